The summed E-state index contributed by atoms with van der Waals surface area (Å²) >= 11 is 0. The second kappa shape index (κ2) is 5.90. The van der Waals surface area contributed by atoms with Crippen LogP contribution in [-0.2, 0) is 9.47 Å². The standard InChI is InChI=1S/C14H19NO5/c1-6-19-13(18)11-8(2)10(9(7-16)15-11)12(17)20-14(3,4)5/h7,15H,6H2,1-5H3. The van der Waals surface area contributed by atoms with Crippen LogP contribution in [0.25, 0.3) is 0 Å². The summed E-state index contributed by atoms with van der Waals surface area (Å²) in [6, 6.07) is 0. The number of hydrogen-bond acceptors (Lipinski definition) is 5. The predicted octanol–water partition coefficient (Wildman–Crippen LogP) is 2.27. The quantitative estimate of drug-likeness (QED) is 0.676. The minimum atomic E-state index is -0.689. The van der Waals surface area contributed by atoms with Crippen LogP contribution in [0.5, 0.6) is 0 Å². The fourth-order valence-electron chi connectivity index (χ4n) is 1.71. The SMILES string of the molecule is CCOC(=O)c1[nH]c(C=O)c(C(=O)OC(C)(C)C)c1C. The van der Waals surface area contributed by atoms with Crippen molar-refractivity contribution < 1.29 is 23.9 Å². The van der Waals surface area contributed by atoms with Gasteiger partial charge in [-0.15, -0.1) is 0 Å². The number of rotatable bonds is 4. The first kappa shape index (κ1) is 15.9. The van der Waals surface area contributed by atoms with E-state index in [2.05, 4.69) is 4.98 Å². The minimum Gasteiger partial charge on any atom is -0.461 e. The fraction of sp³-hybridized carbons (Fsp3) is 0.500. The smallest absolute Gasteiger partial charge is 0.355 e. The van der Waals surface area contributed by atoms with Crippen LogP contribution >= 0.6 is 0 Å². The molecule has 1 aromatic rings. The maximum Gasteiger partial charge on any atom is 0.355 e. The third-order valence-electron chi connectivity index (χ3n) is 2.48. The zero-order valence-electron chi connectivity index (χ0n) is 12.3. The Kier molecular flexibility index (Phi) is 4.70. The van der Waals surface area contributed by atoms with Crippen molar-refractivity contribution in [2.75, 3.05) is 6.61 Å². The maximum atomic E-state index is 12.1. The zero-order chi connectivity index (χ0) is 15.5. The summed E-state index contributed by atoms with van der Waals surface area (Å²) in [4.78, 5) is 37.5. The number of carbonyl (C=O) groups is 3. The second-order valence-corrected chi connectivity index (χ2v) is 5.25. The van der Waals surface area contributed by atoms with Gasteiger partial charge in [-0.25, -0.2) is 9.59 Å². The van der Waals surface area contributed by atoms with Gasteiger partial charge in [-0.1, -0.05) is 0 Å². The molecular formula is C14H19NO5. The molecule has 1 rings (SSSR count). The first-order chi connectivity index (χ1) is 9.21. The first-order valence-corrected chi connectivity index (χ1v) is 6.29. The van der Waals surface area contributed by atoms with Crippen molar-refractivity contribution in [2.45, 2.75) is 40.2 Å². The number of aldehydes is 1. The molecule has 1 aromatic heterocycles. The molecule has 0 fully saturated rings. The van der Waals surface area contributed by atoms with Crippen LogP contribution in [-0.4, -0.2) is 35.4 Å². The lowest BCUT2D eigenvalue weighted by Crippen LogP contribution is -2.24. The van der Waals surface area contributed by atoms with Crippen LogP contribution in [0.4, 0.5) is 0 Å². The molecule has 1 N–H and O–H groups in total. The summed E-state index contributed by atoms with van der Waals surface area (Å²) < 4.78 is 10.1. The Morgan fingerprint density at radius 1 is 1.25 bits per heavy atom. The number of H-pyrrole nitrogens is 1. The van der Waals surface area contributed by atoms with Gasteiger partial charge >= 0.3 is 11.9 Å². The van der Waals surface area contributed by atoms with Gasteiger partial charge in [0, 0.05) is 0 Å². The molecule has 0 aliphatic carbocycles. The Hall–Kier alpha value is -2.11. The molecule has 0 unspecified atom stereocenters. The maximum absolute atomic E-state index is 12.1. The van der Waals surface area contributed by atoms with Crippen LogP contribution < -0.4 is 0 Å². The van der Waals surface area contributed by atoms with Crippen molar-refractivity contribution in [3.05, 3.63) is 22.5 Å². The molecule has 110 valence electrons. The van der Waals surface area contributed by atoms with Gasteiger partial charge in [0.25, 0.3) is 0 Å². The topological polar surface area (TPSA) is 85.5 Å². The molecular weight excluding hydrogens is 262 g/mol. The van der Waals surface area contributed by atoms with E-state index >= 15 is 0 Å². The normalized spacial score (nSPS) is 11.1. The van der Waals surface area contributed by atoms with Crippen molar-refractivity contribution >= 4 is 18.2 Å². The van der Waals surface area contributed by atoms with Crippen molar-refractivity contribution in [2.24, 2.45) is 0 Å². The number of ether oxygens (including phenoxy) is 2. The molecule has 6 heteroatoms. The van der Waals surface area contributed by atoms with E-state index in [1.807, 2.05) is 0 Å². The van der Waals surface area contributed by atoms with Crippen molar-refractivity contribution in [3.8, 4) is 0 Å². The Balaban J connectivity index is 3.23. The lowest BCUT2D eigenvalue weighted by molar-refractivity contribution is 0.00677. The zero-order valence-corrected chi connectivity index (χ0v) is 12.3. The third-order valence-corrected chi connectivity index (χ3v) is 2.48. The van der Waals surface area contributed by atoms with E-state index in [0.29, 0.717) is 11.8 Å². The van der Waals surface area contributed by atoms with E-state index in [1.165, 1.54) is 0 Å². The molecule has 0 saturated carbocycles. The lowest BCUT2D eigenvalue weighted by Gasteiger charge is -2.19. The monoisotopic (exact) mass is 281 g/mol. The molecule has 0 saturated heterocycles. The van der Waals surface area contributed by atoms with E-state index in [0.717, 1.165) is 0 Å². The van der Waals surface area contributed by atoms with Gasteiger partial charge in [-0.2, -0.15) is 0 Å². The van der Waals surface area contributed by atoms with E-state index in [9.17, 15) is 14.4 Å². The lowest BCUT2D eigenvalue weighted by atomic mass is 10.1. The van der Waals surface area contributed by atoms with Gasteiger partial charge in [-0.3, -0.25) is 4.79 Å². The van der Waals surface area contributed by atoms with Gasteiger partial charge < -0.3 is 14.5 Å². The molecule has 0 aliphatic heterocycles. The Morgan fingerprint density at radius 3 is 2.30 bits per heavy atom. The van der Waals surface area contributed by atoms with Crippen LogP contribution in [0.1, 0.15) is 64.6 Å². The molecule has 6 nitrogen and oxygen atoms in total. The third kappa shape index (κ3) is 3.46. The molecule has 0 radical (unpaired) electrons. The highest BCUT2D eigenvalue weighted by molar-refractivity contribution is 6.03. The van der Waals surface area contributed by atoms with Gasteiger partial charge in [-0.05, 0) is 40.2 Å². The fourth-order valence-corrected chi connectivity index (χ4v) is 1.71. The van der Waals surface area contributed by atoms with Gasteiger partial charge in [0.2, 0.25) is 0 Å². The molecule has 0 atom stereocenters. The van der Waals surface area contributed by atoms with Crippen LogP contribution in [0.3, 0.4) is 0 Å². The molecule has 0 spiro atoms. The number of nitrogens with one attached hydrogen (secondary N) is 1. The molecule has 0 amide bonds. The number of esters is 2. The highest BCUT2D eigenvalue weighted by Gasteiger charge is 2.28. The largest absolute Gasteiger partial charge is 0.461 e. The molecule has 0 bridgehead atoms. The highest BCUT2D eigenvalue weighted by atomic mass is 16.6. The first-order valence-electron chi connectivity index (χ1n) is 6.29. The number of carbonyl (C=O) groups excluding carboxylic acids is 3. The van der Waals surface area contributed by atoms with Gasteiger partial charge in [0.05, 0.1) is 17.9 Å². The summed E-state index contributed by atoms with van der Waals surface area (Å²) in [7, 11) is 0. The van der Waals surface area contributed by atoms with E-state index in [-0.39, 0.29) is 23.6 Å². The van der Waals surface area contributed by atoms with Gasteiger partial charge in [0.1, 0.15) is 11.3 Å². The van der Waals surface area contributed by atoms with Crippen LogP contribution in [0.2, 0.25) is 0 Å². The van der Waals surface area contributed by atoms with Crippen LogP contribution in [0.15, 0.2) is 0 Å². The van der Waals surface area contributed by atoms with Gasteiger partial charge in [0.15, 0.2) is 6.29 Å². The highest BCUT2D eigenvalue weighted by Crippen LogP contribution is 2.21. The Morgan fingerprint density at radius 2 is 1.85 bits per heavy atom. The van der Waals surface area contributed by atoms with E-state index in [1.54, 1.807) is 34.6 Å². The number of aromatic amines is 1. The second-order valence-electron chi connectivity index (χ2n) is 5.25. The van der Waals surface area contributed by atoms with Crippen molar-refractivity contribution in [1.82, 2.24) is 4.98 Å². The van der Waals surface area contributed by atoms with E-state index in [4.69, 9.17) is 9.47 Å². The average molecular weight is 281 g/mol. The van der Waals surface area contributed by atoms with E-state index < -0.39 is 17.5 Å². The number of aromatic nitrogens is 1. The predicted molar refractivity (Wildman–Crippen MR) is 72.0 cm³/mol. The summed E-state index contributed by atoms with van der Waals surface area (Å²) in [5.41, 5.74) is -0.169. The van der Waals surface area contributed by atoms with Crippen molar-refractivity contribution in [3.63, 3.8) is 0 Å². The summed E-state index contributed by atoms with van der Waals surface area (Å²) in [6.45, 7) is 8.61. The molecule has 0 aliphatic rings. The summed E-state index contributed by atoms with van der Waals surface area (Å²) in [6.07, 6.45) is 0.481. The molecule has 1 heterocycles. The molecule has 20 heavy (non-hydrogen) atoms. The Labute approximate surface area is 117 Å². The van der Waals surface area contributed by atoms with Crippen LogP contribution in [0, 0.1) is 6.92 Å². The average Bonchev–Trinajstić information content (AvgIpc) is 2.64. The summed E-state index contributed by atoms with van der Waals surface area (Å²) in [5, 5.41) is 0. The van der Waals surface area contributed by atoms with Crippen molar-refractivity contribution in [1.29, 1.82) is 0 Å². The number of hydrogen-bond donors (Lipinski definition) is 1. The minimum absolute atomic E-state index is 0.0137. The summed E-state index contributed by atoms with van der Waals surface area (Å²) in [5.74, 6) is -1.26. The Bertz CT molecular complexity index is 536. The molecule has 0 aromatic carbocycles.